The van der Waals surface area contributed by atoms with Crippen molar-refractivity contribution in [2.24, 2.45) is 0 Å². The van der Waals surface area contributed by atoms with Gasteiger partial charge >= 0.3 is 0 Å². The molecule has 0 radical (unpaired) electrons. The highest BCUT2D eigenvalue weighted by Gasteiger charge is 2.05. The van der Waals surface area contributed by atoms with E-state index in [-0.39, 0.29) is 6.61 Å². The van der Waals surface area contributed by atoms with E-state index in [1.165, 1.54) is 0 Å². The Hall–Kier alpha value is -1.13. The minimum atomic E-state index is 0.161. The minimum absolute atomic E-state index is 0.161. The first-order valence-electron chi connectivity index (χ1n) is 5.11. The van der Waals surface area contributed by atoms with Crippen LogP contribution in [0, 0.1) is 0 Å². The predicted octanol–water partition coefficient (Wildman–Crippen LogP) is 3.03. The highest BCUT2D eigenvalue weighted by Crippen LogP contribution is 2.22. The third-order valence-corrected chi connectivity index (χ3v) is 2.71. The normalized spacial score (nSPS) is 10.6. The number of nitrogens with zero attached hydrogens (tertiary/aromatic N) is 1. The first-order chi connectivity index (χ1) is 7.79. The molecule has 0 saturated heterocycles. The van der Waals surface area contributed by atoms with E-state index >= 15 is 0 Å². The lowest BCUT2D eigenvalue weighted by atomic mass is 10.2. The minimum Gasteiger partial charge on any atom is -0.448 e. The van der Waals surface area contributed by atoms with Gasteiger partial charge in [-0.2, -0.15) is 0 Å². The van der Waals surface area contributed by atoms with E-state index < -0.39 is 0 Å². The summed E-state index contributed by atoms with van der Waals surface area (Å²) in [6.45, 7) is 0.161. The Morgan fingerprint density at radius 1 is 1.38 bits per heavy atom. The molecule has 0 aliphatic carbocycles. The number of oxazole rings is 1. The number of aromatic nitrogens is 1. The van der Waals surface area contributed by atoms with Crippen molar-refractivity contribution in [3.63, 3.8) is 0 Å². The van der Waals surface area contributed by atoms with Gasteiger partial charge in [-0.05, 0) is 18.6 Å². The topological polar surface area (TPSA) is 46.3 Å². The van der Waals surface area contributed by atoms with E-state index in [4.69, 9.17) is 9.52 Å². The molecule has 16 heavy (non-hydrogen) atoms. The number of benzene rings is 1. The zero-order valence-electron chi connectivity index (χ0n) is 8.69. The molecule has 84 valence electrons. The van der Waals surface area contributed by atoms with E-state index in [1.54, 1.807) is 6.26 Å². The maximum Gasteiger partial charge on any atom is 0.194 e. The summed E-state index contributed by atoms with van der Waals surface area (Å²) in [5.41, 5.74) is 1.85. The molecule has 2 aromatic rings. The standard InChI is InChI=1S/C12H12BrNO2/c13-10-4-1-3-9(7-10)11-8-16-12(14-11)5-2-6-15/h1,3-4,7-8,15H,2,5-6H2. The van der Waals surface area contributed by atoms with Crippen LogP contribution >= 0.6 is 15.9 Å². The van der Waals surface area contributed by atoms with Gasteiger partial charge in [0, 0.05) is 23.1 Å². The SMILES string of the molecule is OCCCc1nc(-c2cccc(Br)c2)co1. The molecule has 0 amide bonds. The van der Waals surface area contributed by atoms with Crippen LogP contribution in [0.3, 0.4) is 0 Å². The Balaban J connectivity index is 2.18. The van der Waals surface area contributed by atoms with Crippen LogP contribution in [0.1, 0.15) is 12.3 Å². The molecule has 0 aliphatic heterocycles. The molecule has 1 aromatic heterocycles. The first-order valence-corrected chi connectivity index (χ1v) is 5.90. The van der Waals surface area contributed by atoms with Crippen molar-refractivity contribution >= 4 is 15.9 Å². The van der Waals surface area contributed by atoms with E-state index in [0.717, 1.165) is 15.7 Å². The van der Waals surface area contributed by atoms with Crippen LogP contribution in [0.25, 0.3) is 11.3 Å². The fourth-order valence-corrected chi connectivity index (χ4v) is 1.84. The molecule has 0 aliphatic rings. The highest BCUT2D eigenvalue weighted by molar-refractivity contribution is 9.10. The van der Waals surface area contributed by atoms with Gasteiger partial charge in [-0.15, -0.1) is 0 Å². The zero-order valence-corrected chi connectivity index (χ0v) is 10.3. The van der Waals surface area contributed by atoms with Crippen molar-refractivity contribution < 1.29 is 9.52 Å². The van der Waals surface area contributed by atoms with E-state index in [0.29, 0.717) is 18.7 Å². The van der Waals surface area contributed by atoms with Gasteiger partial charge in [0.2, 0.25) is 0 Å². The molecule has 3 nitrogen and oxygen atoms in total. The van der Waals surface area contributed by atoms with Gasteiger partial charge in [-0.3, -0.25) is 0 Å². The van der Waals surface area contributed by atoms with Gasteiger partial charge in [0.25, 0.3) is 0 Å². The molecular formula is C12H12BrNO2. The molecule has 0 bridgehead atoms. The number of aliphatic hydroxyl groups excluding tert-OH is 1. The smallest absolute Gasteiger partial charge is 0.194 e. The lowest BCUT2D eigenvalue weighted by Crippen LogP contribution is -1.89. The third kappa shape index (κ3) is 2.71. The second kappa shape index (κ2) is 5.27. The predicted molar refractivity (Wildman–Crippen MR) is 65.0 cm³/mol. The Morgan fingerprint density at radius 3 is 3.00 bits per heavy atom. The Bertz CT molecular complexity index is 468. The van der Waals surface area contributed by atoms with Gasteiger partial charge in [-0.1, -0.05) is 28.1 Å². The summed E-state index contributed by atoms with van der Waals surface area (Å²) in [7, 11) is 0. The highest BCUT2D eigenvalue weighted by atomic mass is 79.9. The molecule has 0 atom stereocenters. The van der Waals surface area contributed by atoms with Crippen LogP contribution in [0.2, 0.25) is 0 Å². The zero-order chi connectivity index (χ0) is 11.4. The fourth-order valence-electron chi connectivity index (χ4n) is 1.44. The van der Waals surface area contributed by atoms with E-state index in [1.807, 2.05) is 24.3 Å². The molecular weight excluding hydrogens is 270 g/mol. The van der Waals surface area contributed by atoms with Gasteiger partial charge in [0.05, 0.1) is 0 Å². The Morgan fingerprint density at radius 2 is 2.25 bits per heavy atom. The molecule has 4 heteroatoms. The third-order valence-electron chi connectivity index (χ3n) is 2.22. The largest absolute Gasteiger partial charge is 0.448 e. The molecule has 1 aromatic carbocycles. The van der Waals surface area contributed by atoms with E-state index in [9.17, 15) is 0 Å². The molecule has 0 spiro atoms. The molecule has 1 N–H and O–H groups in total. The van der Waals surface area contributed by atoms with Crippen molar-refractivity contribution in [2.75, 3.05) is 6.61 Å². The molecule has 2 rings (SSSR count). The van der Waals surface area contributed by atoms with Crippen molar-refractivity contribution in [1.82, 2.24) is 4.98 Å². The van der Waals surface area contributed by atoms with Crippen LogP contribution in [-0.2, 0) is 6.42 Å². The van der Waals surface area contributed by atoms with Crippen LogP contribution in [0.15, 0.2) is 39.4 Å². The van der Waals surface area contributed by atoms with Crippen LogP contribution in [-0.4, -0.2) is 16.7 Å². The van der Waals surface area contributed by atoms with Crippen LogP contribution in [0.4, 0.5) is 0 Å². The quantitative estimate of drug-likeness (QED) is 0.937. The second-order valence-corrected chi connectivity index (χ2v) is 4.38. The van der Waals surface area contributed by atoms with Crippen molar-refractivity contribution in [3.8, 4) is 11.3 Å². The number of aryl methyl sites for hydroxylation is 1. The number of hydrogen-bond donors (Lipinski definition) is 1. The summed E-state index contributed by atoms with van der Waals surface area (Å²) in [6.07, 6.45) is 3.00. The van der Waals surface area contributed by atoms with Gasteiger partial charge in [0.1, 0.15) is 12.0 Å². The number of aliphatic hydroxyl groups is 1. The molecule has 0 fully saturated rings. The second-order valence-electron chi connectivity index (χ2n) is 3.46. The maximum atomic E-state index is 8.71. The van der Waals surface area contributed by atoms with Gasteiger partial charge in [0.15, 0.2) is 5.89 Å². The monoisotopic (exact) mass is 281 g/mol. The Labute approximate surface area is 102 Å². The lowest BCUT2D eigenvalue weighted by molar-refractivity contribution is 0.283. The average Bonchev–Trinajstić information content (AvgIpc) is 2.75. The lowest BCUT2D eigenvalue weighted by Gasteiger charge is -1.95. The molecule has 0 unspecified atom stereocenters. The van der Waals surface area contributed by atoms with Gasteiger partial charge in [-0.25, -0.2) is 4.98 Å². The summed E-state index contributed by atoms with van der Waals surface area (Å²) in [5.74, 6) is 0.670. The summed E-state index contributed by atoms with van der Waals surface area (Å²) < 4.78 is 6.34. The maximum absolute atomic E-state index is 8.71. The fraction of sp³-hybridized carbons (Fsp3) is 0.250. The summed E-state index contributed by atoms with van der Waals surface area (Å²) in [5, 5.41) is 8.71. The first kappa shape index (κ1) is 11.4. The average molecular weight is 282 g/mol. The summed E-state index contributed by atoms with van der Waals surface area (Å²) >= 11 is 3.42. The number of rotatable bonds is 4. The number of hydrogen-bond acceptors (Lipinski definition) is 3. The molecule has 1 heterocycles. The van der Waals surface area contributed by atoms with Crippen molar-refractivity contribution in [3.05, 3.63) is 40.9 Å². The van der Waals surface area contributed by atoms with Crippen molar-refractivity contribution in [1.29, 1.82) is 0 Å². The number of halogens is 1. The summed E-state index contributed by atoms with van der Waals surface area (Å²) in [4.78, 5) is 4.36. The molecule has 0 saturated carbocycles. The van der Waals surface area contributed by atoms with Crippen molar-refractivity contribution in [2.45, 2.75) is 12.8 Å². The van der Waals surface area contributed by atoms with Gasteiger partial charge < -0.3 is 9.52 Å². The summed E-state index contributed by atoms with van der Waals surface area (Å²) in [6, 6.07) is 7.91. The van der Waals surface area contributed by atoms with Crippen LogP contribution in [0.5, 0.6) is 0 Å². The van der Waals surface area contributed by atoms with E-state index in [2.05, 4.69) is 20.9 Å². The Kier molecular flexibility index (Phi) is 3.74. The van der Waals surface area contributed by atoms with Crippen LogP contribution < -0.4 is 0 Å².